The van der Waals surface area contributed by atoms with E-state index in [4.69, 9.17) is 0 Å². The zero-order chi connectivity index (χ0) is 17.8. The predicted molar refractivity (Wildman–Crippen MR) is 97.0 cm³/mol. The van der Waals surface area contributed by atoms with E-state index in [2.05, 4.69) is 10.6 Å². The van der Waals surface area contributed by atoms with Gasteiger partial charge in [0.2, 0.25) is 11.8 Å². The maximum Gasteiger partial charge on any atom is 0.228 e. The number of anilines is 2. The zero-order valence-corrected chi connectivity index (χ0v) is 13.7. The van der Waals surface area contributed by atoms with Gasteiger partial charge in [-0.05, 0) is 34.5 Å². The molecule has 0 atom stereocenters. The number of hydrogen-bond donors (Lipinski definition) is 2. The fourth-order valence-electron chi connectivity index (χ4n) is 2.72. The van der Waals surface area contributed by atoms with Crippen LogP contribution in [0.1, 0.15) is 12.5 Å². The molecule has 0 spiro atoms. The summed E-state index contributed by atoms with van der Waals surface area (Å²) in [4.78, 5) is 23.5. The molecular weight excluding hydrogens is 319 g/mol. The van der Waals surface area contributed by atoms with Gasteiger partial charge in [0, 0.05) is 12.6 Å². The lowest BCUT2D eigenvalue weighted by Gasteiger charge is -2.10. The van der Waals surface area contributed by atoms with E-state index in [1.165, 1.54) is 25.1 Å². The second kappa shape index (κ2) is 7.13. The lowest BCUT2D eigenvalue weighted by Crippen LogP contribution is -2.16. The number of benzene rings is 3. The first-order chi connectivity index (χ1) is 12.0. The van der Waals surface area contributed by atoms with Crippen LogP contribution in [-0.2, 0) is 16.0 Å². The highest BCUT2D eigenvalue weighted by atomic mass is 19.1. The first-order valence-electron chi connectivity index (χ1n) is 7.86. The molecule has 5 heteroatoms. The molecule has 2 N–H and O–H groups in total. The number of carbonyl (C=O) groups is 2. The van der Waals surface area contributed by atoms with Crippen LogP contribution in [0.15, 0.2) is 60.7 Å². The van der Waals surface area contributed by atoms with Gasteiger partial charge in [0.1, 0.15) is 5.82 Å². The Kier molecular flexibility index (Phi) is 4.75. The normalized spacial score (nSPS) is 10.5. The molecule has 0 saturated heterocycles. The molecule has 2 amide bonds. The summed E-state index contributed by atoms with van der Waals surface area (Å²) in [6.07, 6.45) is 0.130. The number of fused-ring (bicyclic) bond motifs is 1. The third-order valence-electron chi connectivity index (χ3n) is 3.79. The lowest BCUT2D eigenvalue weighted by molar-refractivity contribution is -0.115. The van der Waals surface area contributed by atoms with E-state index in [1.807, 2.05) is 42.5 Å². The highest BCUT2D eigenvalue weighted by Gasteiger charge is 2.11. The lowest BCUT2D eigenvalue weighted by atomic mass is 10.0. The molecule has 0 unspecified atom stereocenters. The van der Waals surface area contributed by atoms with E-state index in [0.717, 1.165) is 16.3 Å². The molecule has 0 radical (unpaired) electrons. The Hall–Kier alpha value is -3.21. The summed E-state index contributed by atoms with van der Waals surface area (Å²) in [7, 11) is 0. The molecule has 3 aromatic rings. The maximum absolute atomic E-state index is 13.9. The summed E-state index contributed by atoms with van der Waals surface area (Å²) in [5, 5.41) is 7.18. The van der Waals surface area contributed by atoms with Crippen LogP contribution in [0, 0.1) is 5.82 Å². The van der Waals surface area contributed by atoms with Crippen molar-refractivity contribution in [2.75, 3.05) is 10.6 Å². The number of carbonyl (C=O) groups excluding carboxylic acids is 2. The highest BCUT2D eigenvalue weighted by Crippen LogP contribution is 2.22. The number of amides is 2. The monoisotopic (exact) mass is 336 g/mol. The summed E-state index contributed by atoms with van der Waals surface area (Å²) in [5.74, 6) is -1.14. The fourth-order valence-corrected chi connectivity index (χ4v) is 2.72. The maximum atomic E-state index is 13.9. The third kappa shape index (κ3) is 4.01. The van der Waals surface area contributed by atoms with E-state index >= 15 is 0 Å². The summed E-state index contributed by atoms with van der Waals surface area (Å²) >= 11 is 0. The molecule has 0 bridgehead atoms. The standard InChI is InChI=1S/C20H17FN2O2/c1-13(24)22-16-9-10-18(21)19(12-16)23-20(25)11-15-7-4-6-14-5-2-3-8-17(14)15/h2-10,12H,11H2,1H3,(H,22,24)(H,23,25). The summed E-state index contributed by atoms with van der Waals surface area (Å²) in [5.41, 5.74) is 1.33. The van der Waals surface area contributed by atoms with Crippen LogP contribution in [0.5, 0.6) is 0 Å². The minimum atomic E-state index is -0.555. The Balaban J connectivity index is 1.79. The second-order valence-corrected chi connectivity index (χ2v) is 5.74. The van der Waals surface area contributed by atoms with Crippen LogP contribution in [0.25, 0.3) is 10.8 Å². The van der Waals surface area contributed by atoms with Crippen molar-refractivity contribution in [3.05, 3.63) is 72.0 Å². The number of rotatable bonds is 4. The van der Waals surface area contributed by atoms with Crippen LogP contribution < -0.4 is 10.6 Å². The average Bonchev–Trinajstić information content (AvgIpc) is 2.58. The molecule has 126 valence electrons. The molecular formula is C20H17FN2O2. The van der Waals surface area contributed by atoms with Crippen molar-refractivity contribution in [1.29, 1.82) is 0 Å². The van der Waals surface area contributed by atoms with Gasteiger partial charge >= 0.3 is 0 Å². The van der Waals surface area contributed by atoms with Gasteiger partial charge in [-0.2, -0.15) is 0 Å². The Bertz CT molecular complexity index is 948. The van der Waals surface area contributed by atoms with Gasteiger partial charge in [-0.3, -0.25) is 9.59 Å². The molecule has 0 aliphatic heterocycles. The topological polar surface area (TPSA) is 58.2 Å². The fraction of sp³-hybridized carbons (Fsp3) is 0.100. The van der Waals surface area contributed by atoms with Gasteiger partial charge in [-0.15, -0.1) is 0 Å². The van der Waals surface area contributed by atoms with Gasteiger partial charge in [0.15, 0.2) is 0 Å². The number of hydrogen-bond acceptors (Lipinski definition) is 2. The zero-order valence-electron chi connectivity index (χ0n) is 13.7. The van der Waals surface area contributed by atoms with Gasteiger partial charge in [0.25, 0.3) is 0 Å². The van der Waals surface area contributed by atoms with E-state index in [-0.39, 0.29) is 23.9 Å². The Morgan fingerprint density at radius 3 is 2.52 bits per heavy atom. The molecule has 3 aromatic carbocycles. The predicted octanol–water partition coefficient (Wildman–Crippen LogP) is 4.12. The molecule has 0 fully saturated rings. The van der Waals surface area contributed by atoms with Crippen molar-refractivity contribution in [3.8, 4) is 0 Å². The van der Waals surface area contributed by atoms with Crippen LogP contribution >= 0.6 is 0 Å². The Morgan fingerprint density at radius 1 is 0.960 bits per heavy atom. The van der Waals surface area contributed by atoms with E-state index in [1.54, 1.807) is 0 Å². The van der Waals surface area contributed by atoms with Crippen LogP contribution in [0.2, 0.25) is 0 Å². The second-order valence-electron chi connectivity index (χ2n) is 5.74. The van der Waals surface area contributed by atoms with Crippen molar-refractivity contribution in [2.24, 2.45) is 0 Å². The molecule has 25 heavy (non-hydrogen) atoms. The largest absolute Gasteiger partial charge is 0.326 e. The third-order valence-corrected chi connectivity index (χ3v) is 3.79. The SMILES string of the molecule is CC(=O)Nc1ccc(F)c(NC(=O)Cc2cccc3ccccc23)c1. The number of nitrogens with one attached hydrogen (secondary N) is 2. The van der Waals surface area contributed by atoms with Gasteiger partial charge < -0.3 is 10.6 Å². The van der Waals surface area contributed by atoms with Crippen molar-refractivity contribution in [3.63, 3.8) is 0 Å². The molecule has 0 aliphatic carbocycles. The summed E-state index contributed by atoms with van der Waals surface area (Å²) in [6.45, 7) is 1.36. The summed E-state index contributed by atoms with van der Waals surface area (Å²) < 4.78 is 13.9. The minimum Gasteiger partial charge on any atom is -0.326 e. The van der Waals surface area contributed by atoms with E-state index < -0.39 is 5.82 Å². The van der Waals surface area contributed by atoms with Gasteiger partial charge in [0.05, 0.1) is 12.1 Å². The average molecular weight is 336 g/mol. The van der Waals surface area contributed by atoms with E-state index in [9.17, 15) is 14.0 Å². The van der Waals surface area contributed by atoms with Crippen molar-refractivity contribution in [1.82, 2.24) is 0 Å². The van der Waals surface area contributed by atoms with E-state index in [0.29, 0.717) is 5.69 Å². The minimum absolute atomic E-state index is 0.0384. The molecule has 0 saturated carbocycles. The van der Waals surface area contributed by atoms with Crippen molar-refractivity contribution < 1.29 is 14.0 Å². The summed E-state index contributed by atoms with van der Waals surface area (Å²) in [6, 6.07) is 17.6. The van der Waals surface area contributed by atoms with Crippen LogP contribution in [-0.4, -0.2) is 11.8 Å². The highest BCUT2D eigenvalue weighted by molar-refractivity contribution is 5.97. The molecule has 0 aromatic heterocycles. The molecule has 0 heterocycles. The van der Waals surface area contributed by atoms with Crippen LogP contribution in [0.3, 0.4) is 0 Å². The first kappa shape index (κ1) is 16.6. The molecule has 3 rings (SSSR count). The molecule has 4 nitrogen and oxygen atoms in total. The number of halogens is 1. The smallest absolute Gasteiger partial charge is 0.228 e. The van der Waals surface area contributed by atoms with Crippen molar-refractivity contribution >= 4 is 34.0 Å². The van der Waals surface area contributed by atoms with Crippen molar-refractivity contribution in [2.45, 2.75) is 13.3 Å². The molecule has 0 aliphatic rings. The van der Waals surface area contributed by atoms with Gasteiger partial charge in [-0.25, -0.2) is 4.39 Å². The quantitative estimate of drug-likeness (QED) is 0.753. The Morgan fingerprint density at radius 2 is 1.72 bits per heavy atom. The Labute approximate surface area is 144 Å². The first-order valence-corrected chi connectivity index (χ1v) is 7.86. The van der Waals surface area contributed by atoms with Gasteiger partial charge in [-0.1, -0.05) is 42.5 Å². The van der Waals surface area contributed by atoms with Crippen LogP contribution in [0.4, 0.5) is 15.8 Å².